The Hall–Kier alpha value is -1.84. The molecule has 1 heterocycles. The predicted octanol–water partition coefficient (Wildman–Crippen LogP) is 3.34. The van der Waals surface area contributed by atoms with Crippen molar-refractivity contribution in [3.05, 3.63) is 71.8 Å². The van der Waals surface area contributed by atoms with Gasteiger partial charge < -0.3 is 5.11 Å². The molecule has 3 nitrogen and oxygen atoms in total. The van der Waals surface area contributed by atoms with E-state index in [0.29, 0.717) is 13.0 Å². The summed E-state index contributed by atoms with van der Waals surface area (Å²) in [6, 6.07) is 19.8. The van der Waals surface area contributed by atoms with Crippen molar-refractivity contribution in [1.29, 1.82) is 0 Å². The second-order valence-corrected chi connectivity index (χ2v) is 5.70. The molecule has 1 N–H and O–H groups in total. The average molecular weight is 318 g/mol. The molecule has 2 aromatic carbocycles. The van der Waals surface area contributed by atoms with Gasteiger partial charge in [-0.1, -0.05) is 60.7 Å². The number of carboxylic acids is 1. The Morgan fingerprint density at radius 1 is 1.05 bits per heavy atom. The molecule has 0 aliphatic carbocycles. The Kier molecular flexibility index (Phi) is 5.22. The van der Waals surface area contributed by atoms with Crippen LogP contribution in [0, 0.1) is 0 Å². The van der Waals surface area contributed by atoms with Gasteiger partial charge in [-0.25, -0.2) is 0 Å². The van der Waals surface area contributed by atoms with E-state index >= 15 is 0 Å². The standard InChI is InChI=1S/C18H19NO2.ClH/c20-17(21)18(16-9-5-2-6-10-16)11-12-19(14-18)13-15-7-3-1-4-8-15;/h1-10H,11-14H2,(H,20,21);1H. The van der Waals surface area contributed by atoms with Crippen LogP contribution in [0.4, 0.5) is 0 Å². The first-order valence-electron chi connectivity index (χ1n) is 7.26. The number of carbonyl (C=O) groups is 1. The second-order valence-electron chi connectivity index (χ2n) is 5.70. The lowest BCUT2D eigenvalue weighted by atomic mass is 9.80. The van der Waals surface area contributed by atoms with Crippen LogP contribution in [-0.2, 0) is 16.8 Å². The van der Waals surface area contributed by atoms with Crippen molar-refractivity contribution in [3.8, 4) is 0 Å². The zero-order valence-electron chi connectivity index (χ0n) is 12.3. The van der Waals surface area contributed by atoms with E-state index in [4.69, 9.17) is 0 Å². The maximum atomic E-state index is 11.9. The molecule has 1 atom stereocenters. The minimum absolute atomic E-state index is 0. The van der Waals surface area contributed by atoms with Gasteiger partial charge in [-0.05, 0) is 17.5 Å². The van der Waals surface area contributed by atoms with E-state index < -0.39 is 11.4 Å². The molecule has 1 aliphatic rings. The van der Waals surface area contributed by atoms with Crippen molar-refractivity contribution in [2.24, 2.45) is 0 Å². The van der Waals surface area contributed by atoms with E-state index in [0.717, 1.165) is 18.7 Å². The molecule has 4 heteroatoms. The summed E-state index contributed by atoms with van der Waals surface area (Å²) in [6.45, 7) is 2.19. The van der Waals surface area contributed by atoms with Gasteiger partial charge in [0.2, 0.25) is 0 Å². The topological polar surface area (TPSA) is 40.5 Å². The van der Waals surface area contributed by atoms with Gasteiger partial charge in [0.15, 0.2) is 0 Å². The Labute approximate surface area is 137 Å². The van der Waals surface area contributed by atoms with E-state index in [1.165, 1.54) is 5.56 Å². The van der Waals surface area contributed by atoms with Gasteiger partial charge in [-0.15, -0.1) is 12.4 Å². The Morgan fingerprint density at radius 2 is 1.64 bits per heavy atom. The van der Waals surface area contributed by atoms with Crippen LogP contribution in [0.3, 0.4) is 0 Å². The average Bonchev–Trinajstić information content (AvgIpc) is 2.94. The number of rotatable bonds is 4. The fraction of sp³-hybridized carbons (Fsp3) is 0.278. The minimum atomic E-state index is -0.768. The summed E-state index contributed by atoms with van der Waals surface area (Å²) in [5, 5.41) is 9.77. The smallest absolute Gasteiger partial charge is 0.315 e. The molecular formula is C18H20ClNO2. The molecule has 3 rings (SSSR count). The molecule has 1 unspecified atom stereocenters. The molecule has 22 heavy (non-hydrogen) atoms. The third-order valence-corrected chi connectivity index (χ3v) is 4.33. The van der Waals surface area contributed by atoms with E-state index in [1.807, 2.05) is 48.5 Å². The quantitative estimate of drug-likeness (QED) is 0.940. The zero-order valence-corrected chi connectivity index (χ0v) is 13.1. The minimum Gasteiger partial charge on any atom is -0.481 e. The van der Waals surface area contributed by atoms with Gasteiger partial charge >= 0.3 is 5.97 Å². The maximum Gasteiger partial charge on any atom is 0.315 e. The first-order valence-corrected chi connectivity index (χ1v) is 7.26. The molecule has 0 radical (unpaired) electrons. The summed E-state index contributed by atoms with van der Waals surface area (Å²) in [5.74, 6) is -0.718. The summed E-state index contributed by atoms with van der Waals surface area (Å²) in [5.41, 5.74) is 1.37. The second kappa shape index (κ2) is 6.95. The molecule has 0 saturated carbocycles. The van der Waals surface area contributed by atoms with Crippen molar-refractivity contribution in [1.82, 2.24) is 4.90 Å². The van der Waals surface area contributed by atoms with Crippen molar-refractivity contribution < 1.29 is 9.90 Å². The number of aliphatic carboxylic acids is 1. The summed E-state index contributed by atoms with van der Waals surface area (Å²) in [6.07, 6.45) is 0.666. The normalized spacial score (nSPS) is 21.3. The first kappa shape index (κ1) is 16.5. The highest BCUT2D eigenvalue weighted by atomic mass is 35.5. The number of hydrogen-bond acceptors (Lipinski definition) is 2. The predicted molar refractivity (Wildman–Crippen MR) is 89.3 cm³/mol. The van der Waals surface area contributed by atoms with Gasteiger partial charge in [0.25, 0.3) is 0 Å². The van der Waals surface area contributed by atoms with Gasteiger partial charge in [-0.3, -0.25) is 9.69 Å². The molecule has 1 aliphatic heterocycles. The molecular weight excluding hydrogens is 298 g/mol. The van der Waals surface area contributed by atoms with Gasteiger partial charge in [0, 0.05) is 19.6 Å². The molecule has 2 aromatic rings. The number of hydrogen-bond donors (Lipinski definition) is 1. The lowest BCUT2D eigenvalue weighted by Gasteiger charge is -2.25. The summed E-state index contributed by atoms with van der Waals surface area (Å²) < 4.78 is 0. The lowest BCUT2D eigenvalue weighted by molar-refractivity contribution is -0.143. The largest absolute Gasteiger partial charge is 0.481 e. The third kappa shape index (κ3) is 3.16. The van der Waals surface area contributed by atoms with Gasteiger partial charge in [-0.2, -0.15) is 0 Å². The first-order chi connectivity index (χ1) is 10.2. The zero-order chi connectivity index (χ0) is 14.7. The van der Waals surface area contributed by atoms with Crippen molar-refractivity contribution in [2.45, 2.75) is 18.4 Å². The Bertz CT molecular complexity index is 617. The fourth-order valence-electron chi connectivity index (χ4n) is 3.16. The molecule has 116 valence electrons. The van der Waals surface area contributed by atoms with Crippen LogP contribution in [0.15, 0.2) is 60.7 Å². The van der Waals surface area contributed by atoms with E-state index in [1.54, 1.807) is 0 Å². The summed E-state index contributed by atoms with van der Waals surface area (Å²) >= 11 is 0. The van der Waals surface area contributed by atoms with Gasteiger partial charge in [0.1, 0.15) is 5.41 Å². The van der Waals surface area contributed by atoms with Crippen LogP contribution in [0.1, 0.15) is 17.5 Å². The molecule has 0 spiro atoms. The van der Waals surface area contributed by atoms with Crippen LogP contribution in [0.25, 0.3) is 0 Å². The summed E-state index contributed by atoms with van der Waals surface area (Å²) in [4.78, 5) is 14.1. The number of nitrogens with zero attached hydrogens (tertiary/aromatic N) is 1. The molecule has 0 bridgehead atoms. The fourth-order valence-corrected chi connectivity index (χ4v) is 3.16. The number of halogens is 1. The molecule has 1 fully saturated rings. The lowest BCUT2D eigenvalue weighted by Crippen LogP contribution is -2.38. The number of carboxylic acid groups (broad SMARTS) is 1. The van der Waals surface area contributed by atoms with Crippen LogP contribution < -0.4 is 0 Å². The van der Waals surface area contributed by atoms with Crippen molar-refractivity contribution >= 4 is 18.4 Å². The Morgan fingerprint density at radius 3 is 2.23 bits per heavy atom. The van der Waals surface area contributed by atoms with Gasteiger partial charge in [0.05, 0.1) is 0 Å². The van der Waals surface area contributed by atoms with Crippen molar-refractivity contribution in [3.63, 3.8) is 0 Å². The Balaban J connectivity index is 0.00000176. The van der Waals surface area contributed by atoms with E-state index in [2.05, 4.69) is 17.0 Å². The van der Waals surface area contributed by atoms with Crippen LogP contribution >= 0.6 is 12.4 Å². The highest BCUT2D eigenvalue weighted by molar-refractivity contribution is 5.85. The molecule has 0 amide bonds. The van der Waals surface area contributed by atoms with E-state index in [-0.39, 0.29) is 12.4 Å². The molecule has 0 aromatic heterocycles. The number of benzene rings is 2. The SMILES string of the molecule is Cl.O=C(O)C1(c2ccccc2)CCN(Cc2ccccc2)C1. The summed E-state index contributed by atoms with van der Waals surface area (Å²) in [7, 11) is 0. The van der Waals surface area contributed by atoms with E-state index in [9.17, 15) is 9.90 Å². The number of likely N-dealkylation sites (tertiary alicyclic amines) is 1. The van der Waals surface area contributed by atoms with Crippen LogP contribution in [-0.4, -0.2) is 29.1 Å². The highest BCUT2D eigenvalue weighted by Crippen LogP contribution is 2.35. The monoisotopic (exact) mass is 317 g/mol. The van der Waals surface area contributed by atoms with Crippen molar-refractivity contribution in [2.75, 3.05) is 13.1 Å². The maximum absolute atomic E-state index is 11.9. The van der Waals surface area contributed by atoms with Crippen LogP contribution in [0.2, 0.25) is 0 Å². The third-order valence-electron chi connectivity index (χ3n) is 4.33. The highest BCUT2D eigenvalue weighted by Gasteiger charge is 2.46. The molecule has 1 saturated heterocycles. The van der Waals surface area contributed by atoms with Crippen LogP contribution in [0.5, 0.6) is 0 Å².